The second-order valence-electron chi connectivity index (χ2n) is 6.00. The minimum atomic E-state index is -3.70. The molecule has 0 saturated heterocycles. The van der Waals surface area contributed by atoms with E-state index in [1.807, 2.05) is 39.0 Å². The predicted octanol–water partition coefficient (Wildman–Crippen LogP) is 3.88. The fraction of sp³-hybridized carbons (Fsp3) is 0.278. The van der Waals surface area contributed by atoms with Gasteiger partial charge in [0.1, 0.15) is 0 Å². The van der Waals surface area contributed by atoms with Crippen LogP contribution in [0.4, 0.5) is 11.4 Å². The van der Waals surface area contributed by atoms with Crippen molar-refractivity contribution >= 4 is 27.3 Å². The van der Waals surface area contributed by atoms with Gasteiger partial charge >= 0.3 is 0 Å². The summed E-state index contributed by atoms with van der Waals surface area (Å²) in [6, 6.07) is 11.8. The summed E-state index contributed by atoms with van der Waals surface area (Å²) in [5.41, 5.74) is 3.01. The van der Waals surface area contributed by atoms with Gasteiger partial charge in [0.25, 0.3) is 10.0 Å². The maximum absolute atomic E-state index is 12.7. The second kappa shape index (κ2) is 7.05. The van der Waals surface area contributed by atoms with Crippen LogP contribution in [-0.4, -0.2) is 14.3 Å². The Morgan fingerprint density at radius 1 is 1.04 bits per heavy atom. The molecule has 0 atom stereocenters. The number of carbonyl (C=O) groups is 1. The van der Waals surface area contributed by atoms with Crippen molar-refractivity contribution < 1.29 is 13.2 Å². The first-order valence-electron chi connectivity index (χ1n) is 7.70. The van der Waals surface area contributed by atoms with Crippen LogP contribution in [0, 0.1) is 6.92 Å². The molecule has 24 heavy (non-hydrogen) atoms. The van der Waals surface area contributed by atoms with Crippen LogP contribution in [0.2, 0.25) is 0 Å². The lowest BCUT2D eigenvalue weighted by Gasteiger charge is -2.17. The molecule has 0 aliphatic carbocycles. The third-order valence-electron chi connectivity index (χ3n) is 3.65. The monoisotopic (exact) mass is 346 g/mol. The molecule has 2 aromatic rings. The van der Waals surface area contributed by atoms with Crippen molar-refractivity contribution in [2.45, 2.75) is 38.5 Å². The number of aryl methyl sites for hydroxylation is 1. The van der Waals surface area contributed by atoms with Gasteiger partial charge in [-0.2, -0.15) is 0 Å². The number of hydrogen-bond acceptors (Lipinski definition) is 3. The van der Waals surface area contributed by atoms with Crippen LogP contribution in [0.25, 0.3) is 0 Å². The zero-order chi connectivity index (χ0) is 17.9. The zero-order valence-corrected chi connectivity index (χ0v) is 15.1. The van der Waals surface area contributed by atoms with Crippen molar-refractivity contribution in [1.82, 2.24) is 0 Å². The van der Waals surface area contributed by atoms with Crippen molar-refractivity contribution in [3.05, 3.63) is 53.6 Å². The molecule has 0 unspecified atom stereocenters. The average Bonchev–Trinajstić information content (AvgIpc) is 2.49. The third-order valence-corrected chi connectivity index (χ3v) is 5.01. The van der Waals surface area contributed by atoms with Crippen molar-refractivity contribution in [3.8, 4) is 0 Å². The Kier molecular flexibility index (Phi) is 5.29. The quantitative estimate of drug-likeness (QED) is 0.863. The summed E-state index contributed by atoms with van der Waals surface area (Å²) in [6.07, 6.45) is 0. The maximum Gasteiger partial charge on any atom is 0.261 e. The molecule has 2 rings (SSSR count). The fourth-order valence-electron chi connectivity index (χ4n) is 2.42. The first-order chi connectivity index (χ1) is 11.2. The molecule has 128 valence electrons. The number of nitrogens with one attached hydrogen (secondary N) is 2. The van der Waals surface area contributed by atoms with Gasteiger partial charge in [0, 0.05) is 12.6 Å². The summed E-state index contributed by atoms with van der Waals surface area (Å²) < 4.78 is 28.0. The standard InChI is InChI=1S/C18H22N2O3S/c1-12(2)17-7-5-6-13(3)18(17)20-24(22,23)16-10-8-15(9-11-16)19-14(4)21/h5-12,20H,1-4H3,(H,19,21). The van der Waals surface area contributed by atoms with E-state index < -0.39 is 10.0 Å². The number of rotatable bonds is 5. The molecule has 5 nitrogen and oxygen atoms in total. The molecule has 2 aromatic carbocycles. The van der Waals surface area contributed by atoms with E-state index in [2.05, 4.69) is 10.0 Å². The van der Waals surface area contributed by atoms with Crippen molar-refractivity contribution in [1.29, 1.82) is 0 Å². The number of hydrogen-bond donors (Lipinski definition) is 2. The summed E-state index contributed by atoms with van der Waals surface area (Å²) in [4.78, 5) is 11.2. The van der Waals surface area contributed by atoms with E-state index in [4.69, 9.17) is 0 Å². The SMILES string of the molecule is CC(=O)Nc1ccc(S(=O)(=O)Nc2c(C)cccc2C(C)C)cc1. The molecule has 0 fully saturated rings. The van der Waals surface area contributed by atoms with Gasteiger partial charge in [0.15, 0.2) is 0 Å². The van der Waals surface area contributed by atoms with Gasteiger partial charge in [-0.25, -0.2) is 8.42 Å². The highest BCUT2D eigenvalue weighted by Gasteiger charge is 2.18. The number of amides is 1. The average molecular weight is 346 g/mol. The van der Waals surface area contributed by atoms with Crippen molar-refractivity contribution in [2.24, 2.45) is 0 Å². The van der Waals surface area contributed by atoms with Crippen LogP contribution in [0.15, 0.2) is 47.4 Å². The summed E-state index contributed by atoms with van der Waals surface area (Å²) in [5.74, 6) is -0.00467. The minimum absolute atomic E-state index is 0.148. The number of para-hydroxylation sites is 1. The highest BCUT2D eigenvalue weighted by atomic mass is 32.2. The van der Waals surface area contributed by atoms with Gasteiger partial charge in [-0.15, -0.1) is 0 Å². The molecule has 0 saturated carbocycles. The van der Waals surface area contributed by atoms with Crippen molar-refractivity contribution in [3.63, 3.8) is 0 Å². The molecule has 0 aliphatic rings. The van der Waals surface area contributed by atoms with Gasteiger partial charge in [-0.1, -0.05) is 32.0 Å². The first kappa shape index (κ1) is 18.0. The Balaban J connectivity index is 2.34. The lowest BCUT2D eigenvalue weighted by atomic mass is 9.99. The van der Waals surface area contributed by atoms with E-state index in [9.17, 15) is 13.2 Å². The van der Waals surface area contributed by atoms with E-state index in [1.54, 1.807) is 12.1 Å². The molecule has 0 aromatic heterocycles. The van der Waals surface area contributed by atoms with Crippen LogP contribution in [0.5, 0.6) is 0 Å². The van der Waals surface area contributed by atoms with Crippen molar-refractivity contribution in [2.75, 3.05) is 10.0 Å². The van der Waals surface area contributed by atoms with Gasteiger partial charge in [-0.05, 0) is 48.2 Å². The number of carbonyl (C=O) groups excluding carboxylic acids is 1. The van der Waals surface area contributed by atoms with E-state index in [0.717, 1.165) is 11.1 Å². The molecule has 0 heterocycles. The summed E-state index contributed by atoms with van der Waals surface area (Å²) in [5, 5.41) is 2.61. The molecule has 0 radical (unpaired) electrons. The fourth-order valence-corrected chi connectivity index (χ4v) is 3.58. The van der Waals surface area contributed by atoms with E-state index >= 15 is 0 Å². The van der Waals surface area contributed by atoms with E-state index in [0.29, 0.717) is 11.4 Å². The Hall–Kier alpha value is -2.34. The molecule has 2 N–H and O–H groups in total. The van der Waals surface area contributed by atoms with Crippen LogP contribution >= 0.6 is 0 Å². The van der Waals surface area contributed by atoms with Gasteiger partial charge < -0.3 is 5.32 Å². The molecule has 1 amide bonds. The number of anilines is 2. The lowest BCUT2D eigenvalue weighted by Crippen LogP contribution is -2.15. The third kappa shape index (κ3) is 4.14. The summed E-state index contributed by atoms with van der Waals surface area (Å²) >= 11 is 0. The molecular weight excluding hydrogens is 324 g/mol. The van der Waals surface area contributed by atoms with Crippen LogP contribution < -0.4 is 10.0 Å². The topological polar surface area (TPSA) is 75.3 Å². The van der Waals surface area contributed by atoms with Crippen LogP contribution in [0.1, 0.15) is 37.8 Å². The van der Waals surface area contributed by atoms with Crippen LogP contribution in [0.3, 0.4) is 0 Å². The molecule has 6 heteroatoms. The van der Waals surface area contributed by atoms with E-state index in [1.165, 1.54) is 19.1 Å². The smallest absolute Gasteiger partial charge is 0.261 e. The molecular formula is C18H22N2O3S. The maximum atomic E-state index is 12.7. The highest BCUT2D eigenvalue weighted by Crippen LogP contribution is 2.29. The first-order valence-corrected chi connectivity index (χ1v) is 9.19. The Bertz CT molecular complexity index is 841. The second-order valence-corrected chi connectivity index (χ2v) is 7.69. The largest absolute Gasteiger partial charge is 0.326 e. The van der Waals surface area contributed by atoms with Gasteiger partial charge in [0.2, 0.25) is 5.91 Å². The van der Waals surface area contributed by atoms with Crippen LogP contribution in [-0.2, 0) is 14.8 Å². The van der Waals surface area contributed by atoms with Gasteiger partial charge in [-0.3, -0.25) is 9.52 Å². The molecule has 0 bridgehead atoms. The summed E-state index contributed by atoms with van der Waals surface area (Å²) in [7, 11) is -3.70. The minimum Gasteiger partial charge on any atom is -0.326 e. The highest BCUT2D eigenvalue weighted by molar-refractivity contribution is 7.92. The van der Waals surface area contributed by atoms with Gasteiger partial charge in [0.05, 0.1) is 10.6 Å². The Morgan fingerprint density at radius 3 is 2.21 bits per heavy atom. The molecule has 0 spiro atoms. The number of benzene rings is 2. The predicted molar refractivity (Wildman–Crippen MR) is 96.8 cm³/mol. The summed E-state index contributed by atoms with van der Waals surface area (Å²) in [6.45, 7) is 7.32. The lowest BCUT2D eigenvalue weighted by molar-refractivity contribution is -0.114. The zero-order valence-electron chi connectivity index (χ0n) is 14.3. The normalized spacial score (nSPS) is 11.4. The Labute approximate surface area is 143 Å². The van der Waals surface area contributed by atoms with E-state index in [-0.39, 0.29) is 16.7 Å². The molecule has 0 aliphatic heterocycles. The number of sulfonamides is 1. The Morgan fingerprint density at radius 2 is 1.67 bits per heavy atom.